The van der Waals surface area contributed by atoms with Crippen molar-refractivity contribution in [3.8, 4) is 0 Å². The van der Waals surface area contributed by atoms with E-state index >= 15 is 0 Å². The molecule has 0 aliphatic rings. The van der Waals surface area contributed by atoms with Gasteiger partial charge < -0.3 is 0 Å². The molecule has 0 heterocycles. The molecule has 0 atom stereocenters. The van der Waals surface area contributed by atoms with Crippen LogP contribution in [0.1, 0.15) is 0 Å². The molecular formula is C2H6FeN2+. The van der Waals surface area contributed by atoms with E-state index in [9.17, 15) is 0 Å². The summed E-state index contributed by atoms with van der Waals surface area (Å²) < 4.78 is 0.532. The SMILES string of the molecule is NC[C](N)=[Fe+]. The summed E-state index contributed by atoms with van der Waals surface area (Å²) in [7, 11) is 0. The van der Waals surface area contributed by atoms with Crippen molar-refractivity contribution in [2.75, 3.05) is 6.54 Å². The average Bonchev–Trinajstić information content (AvgIpc) is 1.38. The fourth-order valence-corrected chi connectivity index (χ4v) is 0. The molecule has 31 valence electrons. The van der Waals surface area contributed by atoms with E-state index in [2.05, 4.69) is 15.6 Å². The van der Waals surface area contributed by atoms with Crippen LogP contribution in [0.4, 0.5) is 0 Å². The molecule has 0 radical (unpaired) electrons. The number of hydrogen-bond acceptors (Lipinski definition) is 2. The van der Waals surface area contributed by atoms with Crippen molar-refractivity contribution < 1.29 is 15.6 Å². The van der Waals surface area contributed by atoms with Crippen molar-refractivity contribution in [1.82, 2.24) is 0 Å². The summed E-state index contributed by atoms with van der Waals surface area (Å²) in [5.41, 5.74) is 9.92. The van der Waals surface area contributed by atoms with Gasteiger partial charge in [-0.3, -0.25) is 0 Å². The third kappa shape index (κ3) is 4.31. The van der Waals surface area contributed by atoms with E-state index in [1.54, 1.807) is 0 Å². The summed E-state index contributed by atoms with van der Waals surface area (Å²) in [5, 5.41) is 0. The van der Waals surface area contributed by atoms with Crippen LogP contribution in [0.25, 0.3) is 0 Å². The monoisotopic (exact) mass is 114 g/mol. The van der Waals surface area contributed by atoms with Crippen LogP contribution in [-0.4, -0.2) is 11.1 Å². The molecule has 0 amide bonds. The molecule has 0 fully saturated rings. The Balaban J connectivity index is 2.85. The summed E-state index contributed by atoms with van der Waals surface area (Å²) >= 11 is 3.33. The first-order chi connectivity index (χ1) is 2.27. The van der Waals surface area contributed by atoms with Crippen molar-refractivity contribution in [3.63, 3.8) is 0 Å². The molecule has 0 saturated carbocycles. The Morgan fingerprint density at radius 3 is 2.00 bits per heavy atom. The second-order valence-corrected chi connectivity index (χ2v) is 1.34. The molecule has 0 aliphatic carbocycles. The van der Waals surface area contributed by atoms with Gasteiger partial charge in [-0.1, -0.05) is 0 Å². The predicted molar refractivity (Wildman–Crippen MR) is 18.2 cm³/mol. The van der Waals surface area contributed by atoms with Gasteiger partial charge in [0.05, 0.1) is 0 Å². The number of hydrogen-bond donors (Lipinski definition) is 2. The molecule has 2 nitrogen and oxygen atoms in total. The van der Waals surface area contributed by atoms with Gasteiger partial charge in [0, 0.05) is 0 Å². The van der Waals surface area contributed by atoms with E-state index in [1.807, 2.05) is 0 Å². The van der Waals surface area contributed by atoms with E-state index in [0.717, 1.165) is 0 Å². The zero-order valence-electron chi connectivity index (χ0n) is 2.72. The zero-order valence-corrected chi connectivity index (χ0v) is 3.82. The van der Waals surface area contributed by atoms with Crippen molar-refractivity contribution in [2.24, 2.45) is 11.5 Å². The molecule has 0 saturated heterocycles. The molecule has 5 heavy (non-hydrogen) atoms. The molecule has 0 bridgehead atoms. The maximum atomic E-state index is 4.97. The molecule has 0 spiro atoms. The van der Waals surface area contributed by atoms with Crippen LogP contribution in [0.15, 0.2) is 0 Å². The predicted octanol–water partition coefficient (Wildman–Crippen LogP) is -1.42. The second kappa shape index (κ2) is 2.54. The minimum atomic E-state index is 0.389. The molecule has 4 N–H and O–H groups in total. The van der Waals surface area contributed by atoms with Gasteiger partial charge >= 0.3 is 38.1 Å². The third-order valence-corrected chi connectivity index (χ3v) is 0.415. The fraction of sp³-hybridized carbons (Fsp3) is 0.500. The van der Waals surface area contributed by atoms with Gasteiger partial charge in [0.1, 0.15) is 0 Å². The van der Waals surface area contributed by atoms with Gasteiger partial charge in [0.15, 0.2) is 0 Å². The van der Waals surface area contributed by atoms with Crippen LogP contribution >= 0.6 is 0 Å². The summed E-state index contributed by atoms with van der Waals surface area (Å²) in [6.45, 7) is 0.389. The molecule has 0 aliphatic heterocycles. The number of rotatable bonds is 1. The number of nitrogens with two attached hydrogens (primary N) is 2. The Morgan fingerprint density at radius 1 is 1.80 bits per heavy atom. The molecule has 0 unspecified atom stereocenters. The first kappa shape index (κ1) is 5.31. The van der Waals surface area contributed by atoms with Gasteiger partial charge in [-0.15, -0.1) is 0 Å². The summed E-state index contributed by atoms with van der Waals surface area (Å²) in [4.78, 5) is 0. The molecule has 0 aromatic rings. The Bertz CT molecular complexity index is 42.9. The average molecular weight is 114 g/mol. The Morgan fingerprint density at radius 2 is 2.00 bits per heavy atom. The van der Waals surface area contributed by atoms with E-state index < -0.39 is 0 Å². The Hall–Kier alpha value is 0.309. The van der Waals surface area contributed by atoms with E-state index in [-0.39, 0.29) is 0 Å². The van der Waals surface area contributed by atoms with E-state index in [0.29, 0.717) is 11.1 Å². The molecule has 0 rings (SSSR count). The summed E-state index contributed by atoms with van der Waals surface area (Å²) in [6, 6.07) is 0. The fourth-order valence-electron chi connectivity index (χ4n) is 0. The Kier molecular flexibility index (Phi) is 2.70. The molecular weight excluding hydrogens is 108 g/mol. The maximum absolute atomic E-state index is 4.97. The van der Waals surface area contributed by atoms with Crippen LogP contribution in [0.2, 0.25) is 0 Å². The van der Waals surface area contributed by atoms with Gasteiger partial charge in [-0.2, -0.15) is 0 Å². The van der Waals surface area contributed by atoms with E-state index in [4.69, 9.17) is 11.5 Å². The van der Waals surface area contributed by atoms with Crippen molar-refractivity contribution in [1.29, 1.82) is 0 Å². The van der Waals surface area contributed by atoms with Gasteiger partial charge in [-0.05, 0) is 0 Å². The zero-order chi connectivity index (χ0) is 4.28. The van der Waals surface area contributed by atoms with Crippen molar-refractivity contribution in [3.05, 3.63) is 0 Å². The summed E-state index contributed by atoms with van der Waals surface area (Å²) in [6.07, 6.45) is 0. The van der Waals surface area contributed by atoms with Crippen LogP contribution in [0.3, 0.4) is 0 Å². The van der Waals surface area contributed by atoms with Gasteiger partial charge in [0.2, 0.25) is 0 Å². The van der Waals surface area contributed by atoms with Gasteiger partial charge in [0.25, 0.3) is 0 Å². The third-order valence-electron chi connectivity index (χ3n) is 0.190. The van der Waals surface area contributed by atoms with Crippen molar-refractivity contribution in [2.45, 2.75) is 0 Å². The first-order valence-electron chi connectivity index (χ1n) is 1.23. The molecule has 3 heteroatoms. The molecule has 0 aromatic carbocycles. The molecule has 0 aromatic heterocycles. The minimum absolute atomic E-state index is 0.389. The first-order valence-corrected chi connectivity index (χ1v) is 1.78. The van der Waals surface area contributed by atoms with E-state index in [1.165, 1.54) is 0 Å². The van der Waals surface area contributed by atoms with Gasteiger partial charge in [-0.25, -0.2) is 0 Å². The Labute approximate surface area is 38.9 Å². The topological polar surface area (TPSA) is 52.0 Å². The second-order valence-electron chi connectivity index (χ2n) is 0.635. The summed E-state index contributed by atoms with van der Waals surface area (Å²) in [5.74, 6) is 0. The standard InChI is InChI=1S/C2H6N2.Fe/c3-1-2-4;/h1,3-4H2;/q;+1. The van der Waals surface area contributed by atoms with Crippen LogP contribution in [0.5, 0.6) is 0 Å². The normalized spacial score (nSPS) is 7.60. The van der Waals surface area contributed by atoms with Crippen LogP contribution in [-0.2, 0) is 15.6 Å². The van der Waals surface area contributed by atoms with Crippen LogP contribution < -0.4 is 11.5 Å². The van der Waals surface area contributed by atoms with Crippen LogP contribution in [0, 0.1) is 0 Å². The van der Waals surface area contributed by atoms with Crippen molar-refractivity contribution >= 4 is 4.54 Å². The quantitative estimate of drug-likeness (QED) is 0.411.